The van der Waals surface area contributed by atoms with Gasteiger partial charge in [-0.1, -0.05) is 28.9 Å². The van der Waals surface area contributed by atoms with Gasteiger partial charge in [0.25, 0.3) is 0 Å². The molecule has 3 N–H and O–H groups in total. The topological polar surface area (TPSA) is 110 Å². The highest BCUT2D eigenvalue weighted by Crippen LogP contribution is 2.20. The van der Waals surface area contributed by atoms with Gasteiger partial charge >= 0.3 is 0 Å². The monoisotopic (exact) mass is 404 g/mol. The van der Waals surface area contributed by atoms with Crippen molar-refractivity contribution in [2.24, 2.45) is 16.6 Å². The lowest BCUT2D eigenvalue weighted by Gasteiger charge is -2.34. The number of likely N-dealkylation sites (tertiary alicyclic amines) is 1. The Labute approximate surface area is 169 Å². The third-order valence-electron chi connectivity index (χ3n) is 4.69. The number of hydrogen-bond acceptors (Lipinski definition) is 5. The molecule has 1 unspecified atom stereocenters. The summed E-state index contributed by atoms with van der Waals surface area (Å²) in [6.07, 6.45) is 3.03. The normalized spacial score (nSPS) is 17.6. The number of aromatic nitrogens is 2. The number of aliphatic imine (C=N–C) groups is 1. The van der Waals surface area contributed by atoms with E-state index in [0.717, 1.165) is 37.5 Å². The zero-order valence-corrected chi connectivity index (χ0v) is 16.7. The molecule has 3 rings (SSSR count). The number of primary amides is 1. The van der Waals surface area contributed by atoms with Crippen molar-refractivity contribution in [1.29, 1.82) is 0 Å². The van der Waals surface area contributed by atoms with Crippen LogP contribution < -0.4 is 11.1 Å². The van der Waals surface area contributed by atoms with E-state index in [9.17, 15) is 4.79 Å². The van der Waals surface area contributed by atoms with E-state index in [4.69, 9.17) is 21.9 Å². The fraction of sp³-hybridized carbons (Fsp3) is 0.474. The number of carbonyl (C=O) groups excluding carboxylic acids is 1. The van der Waals surface area contributed by atoms with Gasteiger partial charge in [0, 0.05) is 50.1 Å². The number of amides is 1. The van der Waals surface area contributed by atoms with Crippen molar-refractivity contribution < 1.29 is 9.32 Å². The van der Waals surface area contributed by atoms with Gasteiger partial charge in [0.1, 0.15) is 0 Å². The number of rotatable bonds is 6. The molecule has 1 aromatic carbocycles. The molecule has 1 fully saturated rings. The molecule has 2 aromatic rings. The van der Waals surface area contributed by atoms with E-state index in [1.54, 1.807) is 19.2 Å². The SMILES string of the molecule is CN=C(NCCc1nc(-c2cccc(Cl)c2)no1)N1CCCC(CC(N)=O)C1. The minimum absolute atomic E-state index is 0.248. The van der Waals surface area contributed by atoms with E-state index in [0.29, 0.717) is 36.1 Å². The third-order valence-corrected chi connectivity index (χ3v) is 4.93. The summed E-state index contributed by atoms with van der Waals surface area (Å²) < 4.78 is 5.33. The van der Waals surface area contributed by atoms with Crippen LogP contribution in [0.5, 0.6) is 0 Å². The van der Waals surface area contributed by atoms with Crippen molar-refractivity contribution in [2.75, 3.05) is 26.7 Å². The lowest BCUT2D eigenvalue weighted by atomic mass is 9.95. The number of guanidine groups is 1. The molecule has 0 radical (unpaired) electrons. The second kappa shape index (κ2) is 9.54. The molecule has 1 aliphatic rings. The molecule has 0 bridgehead atoms. The fourth-order valence-corrected chi connectivity index (χ4v) is 3.61. The Morgan fingerprint density at radius 3 is 3.11 bits per heavy atom. The predicted molar refractivity (Wildman–Crippen MR) is 108 cm³/mol. The lowest BCUT2D eigenvalue weighted by Crippen LogP contribution is -2.47. The molecular formula is C19H25ClN6O2. The largest absolute Gasteiger partial charge is 0.370 e. The van der Waals surface area contributed by atoms with Gasteiger partial charge in [-0.15, -0.1) is 0 Å². The van der Waals surface area contributed by atoms with Crippen LogP contribution in [0.25, 0.3) is 11.4 Å². The van der Waals surface area contributed by atoms with Crippen molar-refractivity contribution in [2.45, 2.75) is 25.7 Å². The van der Waals surface area contributed by atoms with Crippen molar-refractivity contribution in [3.63, 3.8) is 0 Å². The number of hydrogen-bond donors (Lipinski definition) is 2. The van der Waals surface area contributed by atoms with Crippen LogP contribution in [0.4, 0.5) is 0 Å². The van der Waals surface area contributed by atoms with Gasteiger partial charge in [0.05, 0.1) is 0 Å². The van der Waals surface area contributed by atoms with Crippen molar-refractivity contribution in [3.05, 3.63) is 35.2 Å². The third kappa shape index (κ3) is 5.45. The summed E-state index contributed by atoms with van der Waals surface area (Å²) in [5.74, 6) is 1.90. The summed E-state index contributed by atoms with van der Waals surface area (Å²) in [6, 6.07) is 7.34. The first-order valence-electron chi connectivity index (χ1n) is 9.37. The number of benzene rings is 1. The van der Waals surface area contributed by atoms with Crippen LogP contribution in [0.2, 0.25) is 5.02 Å². The molecule has 1 atom stereocenters. The molecular weight excluding hydrogens is 380 g/mol. The summed E-state index contributed by atoms with van der Waals surface area (Å²) in [5, 5.41) is 7.98. The second-order valence-electron chi connectivity index (χ2n) is 6.87. The van der Waals surface area contributed by atoms with Gasteiger partial charge in [0.2, 0.25) is 17.6 Å². The first-order valence-corrected chi connectivity index (χ1v) is 9.75. The average Bonchev–Trinajstić information content (AvgIpc) is 3.14. The summed E-state index contributed by atoms with van der Waals surface area (Å²) in [7, 11) is 1.75. The maximum absolute atomic E-state index is 11.2. The molecule has 1 aromatic heterocycles. The van der Waals surface area contributed by atoms with Gasteiger partial charge < -0.3 is 20.5 Å². The zero-order chi connectivity index (χ0) is 19.9. The minimum atomic E-state index is -0.248. The van der Waals surface area contributed by atoms with E-state index in [-0.39, 0.29) is 11.8 Å². The van der Waals surface area contributed by atoms with Crippen LogP contribution in [-0.2, 0) is 11.2 Å². The van der Waals surface area contributed by atoms with E-state index in [2.05, 4.69) is 25.3 Å². The minimum Gasteiger partial charge on any atom is -0.370 e. The Kier molecular flexibility index (Phi) is 6.86. The maximum atomic E-state index is 11.2. The van der Waals surface area contributed by atoms with E-state index in [1.807, 2.05) is 12.1 Å². The molecule has 1 amide bonds. The molecule has 8 nitrogen and oxygen atoms in total. The van der Waals surface area contributed by atoms with Crippen LogP contribution in [0.3, 0.4) is 0 Å². The number of nitrogens with one attached hydrogen (secondary N) is 1. The Bertz CT molecular complexity index is 837. The summed E-state index contributed by atoms with van der Waals surface area (Å²) in [4.78, 5) is 22.1. The zero-order valence-electron chi connectivity index (χ0n) is 15.9. The summed E-state index contributed by atoms with van der Waals surface area (Å²) >= 11 is 6.01. The number of carbonyl (C=O) groups is 1. The second-order valence-corrected chi connectivity index (χ2v) is 7.31. The molecule has 0 saturated carbocycles. The number of piperidine rings is 1. The van der Waals surface area contributed by atoms with Crippen LogP contribution in [0, 0.1) is 5.92 Å². The van der Waals surface area contributed by atoms with E-state index >= 15 is 0 Å². The quantitative estimate of drug-likeness (QED) is 0.563. The molecule has 9 heteroatoms. The van der Waals surface area contributed by atoms with E-state index in [1.165, 1.54) is 0 Å². The van der Waals surface area contributed by atoms with Crippen LogP contribution in [-0.4, -0.2) is 53.6 Å². The first-order chi connectivity index (χ1) is 13.5. The van der Waals surface area contributed by atoms with Crippen molar-refractivity contribution >= 4 is 23.5 Å². The highest BCUT2D eigenvalue weighted by Gasteiger charge is 2.23. The molecule has 28 heavy (non-hydrogen) atoms. The maximum Gasteiger partial charge on any atom is 0.228 e. The Morgan fingerprint density at radius 2 is 2.36 bits per heavy atom. The number of nitrogens with zero attached hydrogens (tertiary/aromatic N) is 4. The van der Waals surface area contributed by atoms with Gasteiger partial charge in [-0.2, -0.15) is 4.98 Å². The molecule has 1 aliphatic heterocycles. The molecule has 0 aliphatic carbocycles. The average molecular weight is 405 g/mol. The van der Waals surface area contributed by atoms with Crippen molar-refractivity contribution in [3.8, 4) is 11.4 Å². The van der Waals surface area contributed by atoms with Gasteiger partial charge in [0.15, 0.2) is 5.96 Å². The molecule has 0 spiro atoms. The van der Waals surface area contributed by atoms with Crippen LogP contribution in [0.15, 0.2) is 33.8 Å². The fourth-order valence-electron chi connectivity index (χ4n) is 3.42. The van der Waals surface area contributed by atoms with Crippen molar-refractivity contribution in [1.82, 2.24) is 20.4 Å². The number of halogens is 1. The summed E-state index contributed by atoms with van der Waals surface area (Å²) in [5.41, 5.74) is 6.16. The molecule has 1 saturated heterocycles. The van der Waals surface area contributed by atoms with Crippen LogP contribution >= 0.6 is 11.6 Å². The molecule has 2 heterocycles. The van der Waals surface area contributed by atoms with E-state index < -0.39 is 0 Å². The standard InChI is InChI=1S/C19H25ClN6O2/c1-22-19(26-9-3-4-13(12-26)10-16(21)27)23-8-7-17-24-18(25-28-17)14-5-2-6-15(20)11-14/h2,5-6,11,13H,3-4,7-10,12H2,1H3,(H2,21,27)(H,22,23). The highest BCUT2D eigenvalue weighted by molar-refractivity contribution is 6.30. The Balaban J connectivity index is 1.52. The number of nitrogens with two attached hydrogens (primary N) is 1. The highest BCUT2D eigenvalue weighted by atomic mass is 35.5. The van der Waals surface area contributed by atoms with Gasteiger partial charge in [-0.3, -0.25) is 9.79 Å². The molecule has 150 valence electrons. The lowest BCUT2D eigenvalue weighted by molar-refractivity contribution is -0.119. The first kappa shape index (κ1) is 20.1. The van der Waals surface area contributed by atoms with Crippen LogP contribution in [0.1, 0.15) is 25.2 Å². The Morgan fingerprint density at radius 1 is 1.50 bits per heavy atom. The van der Waals surface area contributed by atoms with Gasteiger partial charge in [-0.05, 0) is 30.9 Å². The Hall–Kier alpha value is -2.61. The van der Waals surface area contributed by atoms with Gasteiger partial charge in [-0.25, -0.2) is 0 Å². The summed E-state index contributed by atoms with van der Waals surface area (Å²) in [6.45, 7) is 2.30. The predicted octanol–water partition coefficient (Wildman–Crippen LogP) is 2.10. The smallest absolute Gasteiger partial charge is 0.228 e.